The molecule has 0 saturated carbocycles. The van der Waals surface area contributed by atoms with E-state index >= 15 is 0 Å². The maximum Gasteiger partial charge on any atom is 0.265 e. The second-order valence-electron chi connectivity index (χ2n) is 7.62. The lowest BCUT2D eigenvalue weighted by molar-refractivity contribution is 0.102. The van der Waals surface area contributed by atoms with Gasteiger partial charge in [-0.25, -0.2) is 9.97 Å². The minimum atomic E-state index is -0.264. The zero-order chi connectivity index (χ0) is 22.4. The smallest absolute Gasteiger partial charge is 0.265 e. The summed E-state index contributed by atoms with van der Waals surface area (Å²) in [4.78, 5) is 34.6. The molecule has 0 unspecified atom stereocenters. The van der Waals surface area contributed by atoms with Crippen molar-refractivity contribution in [2.75, 3.05) is 5.32 Å². The fraction of sp³-hybridized carbons (Fsp3) is 0.125. The Labute approximate surface area is 183 Å². The first-order valence-corrected chi connectivity index (χ1v) is 10.1. The SMILES string of the molecule is Cc1nn(C)c2ncc(NC(=O)c3ccc(-n4c(C)nc5ccccc5c4=O)cc3)cc12. The molecule has 8 nitrogen and oxygen atoms in total. The number of hydrogen-bond donors (Lipinski definition) is 1. The number of benzene rings is 2. The molecule has 0 saturated heterocycles. The van der Waals surface area contributed by atoms with Gasteiger partial charge in [0, 0.05) is 18.0 Å². The Hall–Kier alpha value is -4.33. The normalized spacial score (nSPS) is 11.2. The Bertz CT molecular complexity index is 1560. The van der Waals surface area contributed by atoms with Crippen LogP contribution in [0.5, 0.6) is 0 Å². The molecule has 3 heterocycles. The molecule has 3 aromatic heterocycles. The number of fused-ring (bicyclic) bond motifs is 2. The lowest BCUT2D eigenvalue weighted by Crippen LogP contribution is -2.22. The summed E-state index contributed by atoms with van der Waals surface area (Å²) in [7, 11) is 1.83. The number of nitrogens with one attached hydrogen (secondary N) is 1. The van der Waals surface area contributed by atoms with Crippen LogP contribution >= 0.6 is 0 Å². The van der Waals surface area contributed by atoms with Crippen LogP contribution in [0.3, 0.4) is 0 Å². The maximum atomic E-state index is 13.0. The minimum absolute atomic E-state index is 0.142. The van der Waals surface area contributed by atoms with E-state index in [0.717, 1.165) is 16.7 Å². The Morgan fingerprint density at radius 3 is 2.53 bits per heavy atom. The van der Waals surface area contributed by atoms with Crippen LogP contribution < -0.4 is 10.9 Å². The first-order chi connectivity index (χ1) is 15.4. The van der Waals surface area contributed by atoms with Crippen LogP contribution in [0, 0.1) is 13.8 Å². The van der Waals surface area contributed by atoms with Crippen molar-refractivity contribution in [2.45, 2.75) is 13.8 Å². The lowest BCUT2D eigenvalue weighted by atomic mass is 10.1. The van der Waals surface area contributed by atoms with Crippen LogP contribution in [0.2, 0.25) is 0 Å². The van der Waals surface area contributed by atoms with Gasteiger partial charge in [-0.3, -0.25) is 18.8 Å². The topological polar surface area (TPSA) is 94.7 Å². The summed E-state index contributed by atoms with van der Waals surface area (Å²) >= 11 is 0. The summed E-state index contributed by atoms with van der Waals surface area (Å²) in [5.41, 5.74) is 3.84. The van der Waals surface area contributed by atoms with Crippen molar-refractivity contribution in [2.24, 2.45) is 7.05 Å². The summed E-state index contributed by atoms with van der Waals surface area (Å²) in [6.07, 6.45) is 1.61. The highest BCUT2D eigenvalue weighted by Gasteiger charge is 2.13. The number of para-hydroxylation sites is 1. The van der Waals surface area contributed by atoms with E-state index in [2.05, 4.69) is 20.4 Å². The summed E-state index contributed by atoms with van der Waals surface area (Å²) in [5, 5.41) is 8.66. The molecule has 0 bridgehead atoms. The molecule has 5 aromatic rings. The first-order valence-electron chi connectivity index (χ1n) is 10.1. The van der Waals surface area contributed by atoms with Gasteiger partial charge in [0.15, 0.2) is 5.65 Å². The van der Waals surface area contributed by atoms with Crippen molar-refractivity contribution in [3.63, 3.8) is 0 Å². The quantitative estimate of drug-likeness (QED) is 0.478. The van der Waals surface area contributed by atoms with Crippen LogP contribution in [0.4, 0.5) is 5.69 Å². The monoisotopic (exact) mass is 424 g/mol. The van der Waals surface area contributed by atoms with Crippen molar-refractivity contribution in [1.82, 2.24) is 24.3 Å². The van der Waals surface area contributed by atoms with Crippen LogP contribution in [-0.4, -0.2) is 30.2 Å². The molecule has 158 valence electrons. The van der Waals surface area contributed by atoms with Crippen LogP contribution in [0.1, 0.15) is 21.9 Å². The largest absolute Gasteiger partial charge is 0.321 e. The number of rotatable bonds is 3. The predicted molar refractivity (Wildman–Crippen MR) is 123 cm³/mol. The third kappa shape index (κ3) is 3.22. The molecule has 0 aliphatic heterocycles. The van der Waals surface area contributed by atoms with Gasteiger partial charge in [0.05, 0.1) is 34.2 Å². The molecule has 0 atom stereocenters. The highest BCUT2D eigenvalue weighted by atomic mass is 16.1. The van der Waals surface area contributed by atoms with Crippen LogP contribution in [-0.2, 0) is 7.05 Å². The molecule has 0 aliphatic rings. The molecule has 0 radical (unpaired) electrons. The molecule has 0 fully saturated rings. The highest BCUT2D eigenvalue weighted by molar-refractivity contribution is 6.05. The second kappa shape index (κ2) is 7.42. The number of anilines is 1. The lowest BCUT2D eigenvalue weighted by Gasteiger charge is -2.11. The van der Waals surface area contributed by atoms with Gasteiger partial charge >= 0.3 is 0 Å². The summed E-state index contributed by atoms with van der Waals surface area (Å²) in [6, 6.07) is 16.0. The highest BCUT2D eigenvalue weighted by Crippen LogP contribution is 2.20. The van der Waals surface area contributed by atoms with E-state index in [1.165, 1.54) is 0 Å². The van der Waals surface area contributed by atoms with E-state index in [4.69, 9.17) is 0 Å². The van der Waals surface area contributed by atoms with Gasteiger partial charge in [-0.05, 0) is 56.3 Å². The van der Waals surface area contributed by atoms with E-state index < -0.39 is 0 Å². The van der Waals surface area contributed by atoms with E-state index in [0.29, 0.717) is 33.7 Å². The number of aryl methyl sites for hydroxylation is 3. The molecular formula is C24H20N6O2. The van der Waals surface area contributed by atoms with Crippen molar-refractivity contribution in [3.8, 4) is 5.69 Å². The van der Waals surface area contributed by atoms with E-state index in [1.54, 1.807) is 52.7 Å². The number of carbonyl (C=O) groups excluding carboxylic acids is 1. The fourth-order valence-electron chi connectivity index (χ4n) is 3.89. The maximum absolute atomic E-state index is 13.0. The van der Waals surface area contributed by atoms with Gasteiger partial charge in [0.1, 0.15) is 5.82 Å². The zero-order valence-electron chi connectivity index (χ0n) is 17.8. The number of aromatic nitrogens is 5. The Morgan fingerprint density at radius 2 is 1.75 bits per heavy atom. The fourth-order valence-corrected chi connectivity index (χ4v) is 3.89. The summed E-state index contributed by atoms with van der Waals surface area (Å²) in [5.74, 6) is 0.317. The predicted octanol–water partition coefficient (Wildman–Crippen LogP) is 3.54. The summed E-state index contributed by atoms with van der Waals surface area (Å²) < 4.78 is 3.26. The number of carbonyl (C=O) groups is 1. The average molecular weight is 424 g/mol. The second-order valence-corrected chi connectivity index (χ2v) is 7.62. The molecular weight excluding hydrogens is 404 g/mol. The van der Waals surface area contributed by atoms with Crippen molar-refractivity contribution < 1.29 is 4.79 Å². The molecule has 1 N–H and O–H groups in total. The van der Waals surface area contributed by atoms with Gasteiger partial charge in [0.2, 0.25) is 0 Å². The number of pyridine rings is 1. The first kappa shape index (κ1) is 19.6. The third-order valence-electron chi connectivity index (χ3n) is 5.45. The van der Waals surface area contributed by atoms with Gasteiger partial charge in [-0.1, -0.05) is 12.1 Å². The van der Waals surface area contributed by atoms with Crippen molar-refractivity contribution in [1.29, 1.82) is 0 Å². The zero-order valence-corrected chi connectivity index (χ0v) is 17.8. The minimum Gasteiger partial charge on any atom is -0.321 e. The molecule has 8 heteroatoms. The van der Waals surface area contributed by atoms with Crippen LogP contribution in [0.15, 0.2) is 65.6 Å². The average Bonchev–Trinajstić information content (AvgIpc) is 3.07. The number of nitrogens with zero attached hydrogens (tertiary/aromatic N) is 5. The molecule has 1 amide bonds. The third-order valence-corrected chi connectivity index (χ3v) is 5.45. The Kier molecular flexibility index (Phi) is 4.55. The Morgan fingerprint density at radius 1 is 1.00 bits per heavy atom. The van der Waals surface area contributed by atoms with Crippen molar-refractivity contribution in [3.05, 3.63) is 88.2 Å². The molecule has 0 spiro atoms. The Balaban J connectivity index is 1.44. The molecule has 2 aromatic carbocycles. The summed E-state index contributed by atoms with van der Waals surface area (Å²) in [6.45, 7) is 3.69. The van der Waals surface area contributed by atoms with Crippen LogP contribution in [0.25, 0.3) is 27.6 Å². The van der Waals surface area contributed by atoms with Gasteiger partial charge in [-0.15, -0.1) is 0 Å². The van der Waals surface area contributed by atoms with Gasteiger partial charge < -0.3 is 5.32 Å². The van der Waals surface area contributed by atoms with Gasteiger partial charge in [0.25, 0.3) is 11.5 Å². The van der Waals surface area contributed by atoms with E-state index in [9.17, 15) is 9.59 Å². The molecule has 0 aliphatic carbocycles. The standard InChI is InChI=1S/C24H20N6O2/c1-14-20-12-17(13-25-22(20)29(3)28-14)27-23(31)16-8-10-18(11-9-16)30-15(2)26-21-7-5-4-6-19(21)24(30)32/h4-13H,1-3H3,(H,27,31). The van der Waals surface area contributed by atoms with Gasteiger partial charge in [-0.2, -0.15) is 5.10 Å². The van der Waals surface area contributed by atoms with Crippen molar-refractivity contribution >= 4 is 33.5 Å². The molecule has 5 rings (SSSR count). The number of amides is 1. The van der Waals surface area contributed by atoms with E-state index in [-0.39, 0.29) is 11.5 Å². The van der Waals surface area contributed by atoms with E-state index in [1.807, 2.05) is 38.2 Å². The number of hydrogen-bond acceptors (Lipinski definition) is 5. The molecule has 32 heavy (non-hydrogen) atoms.